The summed E-state index contributed by atoms with van der Waals surface area (Å²) in [6.07, 6.45) is 2.99. The fourth-order valence-electron chi connectivity index (χ4n) is 2.48. The molecule has 16 heavy (non-hydrogen) atoms. The molecule has 0 aromatic rings. The number of ether oxygens (including phenoxy) is 1. The number of hydrogen-bond donors (Lipinski definition) is 1. The van der Waals surface area contributed by atoms with Crippen LogP contribution in [0.15, 0.2) is 11.1 Å². The number of nitrogens with one attached hydrogen (secondary N) is 1. The molecule has 2 saturated heterocycles. The third-order valence-electron chi connectivity index (χ3n) is 3.42. The second kappa shape index (κ2) is 6.01. The van der Waals surface area contributed by atoms with E-state index in [0.717, 1.165) is 31.8 Å². The molecule has 0 spiro atoms. The molecule has 0 saturated carbocycles. The van der Waals surface area contributed by atoms with Crippen LogP contribution in [0, 0.1) is 0 Å². The lowest BCUT2D eigenvalue weighted by atomic mass is 10.2. The maximum atomic E-state index is 5.85. The lowest BCUT2D eigenvalue weighted by molar-refractivity contribution is -0.0466. The van der Waals surface area contributed by atoms with Gasteiger partial charge in [-0.15, -0.1) is 0 Å². The number of fused-ring (bicyclic) bond motifs is 1. The SMILES string of the molecule is CC(=CCl)CNCC1CN2CCCC2CO1. The number of halogens is 1. The lowest BCUT2D eigenvalue weighted by Gasteiger charge is -2.35. The van der Waals surface area contributed by atoms with Crippen LogP contribution in [0.3, 0.4) is 0 Å². The van der Waals surface area contributed by atoms with Crippen LogP contribution in [-0.2, 0) is 4.74 Å². The van der Waals surface area contributed by atoms with E-state index in [1.165, 1.54) is 19.4 Å². The minimum atomic E-state index is 0.345. The number of rotatable bonds is 4. The zero-order valence-corrected chi connectivity index (χ0v) is 10.7. The molecule has 2 atom stereocenters. The van der Waals surface area contributed by atoms with Crippen LogP contribution in [0.2, 0.25) is 0 Å². The fraction of sp³-hybridized carbons (Fsp3) is 0.833. The highest BCUT2D eigenvalue weighted by molar-refractivity contribution is 6.25. The van der Waals surface area contributed by atoms with E-state index < -0.39 is 0 Å². The predicted octanol–water partition coefficient (Wildman–Crippen LogP) is 1.58. The third kappa shape index (κ3) is 3.20. The van der Waals surface area contributed by atoms with E-state index in [0.29, 0.717) is 12.1 Å². The smallest absolute Gasteiger partial charge is 0.0827 e. The largest absolute Gasteiger partial charge is 0.374 e. The van der Waals surface area contributed by atoms with Crippen molar-refractivity contribution >= 4 is 11.6 Å². The van der Waals surface area contributed by atoms with Crippen LogP contribution in [0.4, 0.5) is 0 Å². The van der Waals surface area contributed by atoms with Crippen LogP contribution in [0.5, 0.6) is 0 Å². The van der Waals surface area contributed by atoms with Crippen molar-refractivity contribution in [2.24, 2.45) is 0 Å². The van der Waals surface area contributed by atoms with Gasteiger partial charge in [-0.3, -0.25) is 4.90 Å². The van der Waals surface area contributed by atoms with Gasteiger partial charge in [0, 0.05) is 31.2 Å². The summed E-state index contributed by atoms with van der Waals surface area (Å²) in [6.45, 7) is 7.05. The van der Waals surface area contributed by atoms with Crippen molar-refractivity contribution in [2.45, 2.75) is 31.9 Å². The molecule has 3 nitrogen and oxygen atoms in total. The van der Waals surface area contributed by atoms with Gasteiger partial charge in [0.15, 0.2) is 0 Å². The summed E-state index contributed by atoms with van der Waals surface area (Å²) in [5.74, 6) is 0. The highest BCUT2D eigenvalue weighted by Gasteiger charge is 2.31. The first-order chi connectivity index (χ1) is 7.79. The Kier molecular flexibility index (Phi) is 4.65. The van der Waals surface area contributed by atoms with Crippen LogP contribution < -0.4 is 5.32 Å². The van der Waals surface area contributed by atoms with Crippen molar-refractivity contribution in [2.75, 3.05) is 32.8 Å². The molecule has 0 aliphatic carbocycles. The highest BCUT2D eigenvalue weighted by atomic mass is 35.5. The summed E-state index contributed by atoms with van der Waals surface area (Å²) in [7, 11) is 0. The maximum Gasteiger partial charge on any atom is 0.0827 e. The summed E-state index contributed by atoms with van der Waals surface area (Å²) in [4.78, 5) is 2.57. The Bertz CT molecular complexity index is 257. The monoisotopic (exact) mass is 244 g/mol. The van der Waals surface area contributed by atoms with E-state index in [-0.39, 0.29) is 0 Å². The van der Waals surface area contributed by atoms with Crippen LogP contribution in [-0.4, -0.2) is 49.8 Å². The second-order valence-corrected chi connectivity index (χ2v) is 5.05. The Balaban J connectivity index is 1.67. The lowest BCUT2D eigenvalue weighted by Crippen LogP contribution is -2.49. The van der Waals surface area contributed by atoms with E-state index in [9.17, 15) is 0 Å². The van der Waals surface area contributed by atoms with Crippen molar-refractivity contribution in [1.29, 1.82) is 0 Å². The van der Waals surface area contributed by atoms with Crippen LogP contribution >= 0.6 is 11.6 Å². The van der Waals surface area contributed by atoms with Crippen LogP contribution in [0.25, 0.3) is 0 Å². The Morgan fingerprint density at radius 2 is 2.50 bits per heavy atom. The van der Waals surface area contributed by atoms with Crippen molar-refractivity contribution in [3.8, 4) is 0 Å². The highest BCUT2D eigenvalue weighted by Crippen LogP contribution is 2.22. The Morgan fingerprint density at radius 1 is 1.62 bits per heavy atom. The molecule has 1 N–H and O–H groups in total. The minimum absolute atomic E-state index is 0.345. The molecule has 2 fully saturated rings. The van der Waals surface area contributed by atoms with Gasteiger partial charge in [-0.25, -0.2) is 0 Å². The molecule has 0 aromatic heterocycles. The van der Waals surface area contributed by atoms with Crippen molar-refractivity contribution in [1.82, 2.24) is 10.2 Å². The van der Waals surface area contributed by atoms with E-state index in [1.54, 1.807) is 5.54 Å². The number of morpholine rings is 1. The van der Waals surface area contributed by atoms with Gasteiger partial charge in [0.05, 0.1) is 12.7 Å². The summed E-state index contributed by atoms with van der Waals surface area (Å²) >= 11 is 5.60. The average Bonchev–Trinajstić information content (AvgIpc) is 2.76. The van der Waals surface area contributed by atoms with Gasteiger partial charge >= 0.3 is 0 Å². The number of nitrogens with zero attached hydrogens (tertiary/aromatic N) is 1. The Labute approximate surface area is 103 Å². The standard InChI is InChI=1S/C12H21ClN2O/c1-10(5-13)6-14-7-12-8-15-4-2-3-11(15)9-16-12/h5,11-12,14H,2-4,6-9H2,1H3. The normalized spacial score (nSPS) is 31.8. The van der Waals surface area contributed by atoms with Crippen LogP contribution in [0.1, 0.15) is 19.8 Å². The molecular weight excluding hydrogens is 224 g/mol. The van der Waals surface area contributed by atoms with Crippen molar-refractivity contribution < 1.29 is 4.74 Å². The Hall–Kier alpha value is -0.0900. The fourth-order valence-corrected chi connectivity index (χ4v) is 2.56. The van der Waals surface area contributed by atoms with E-state index in [2.05, 4.69) is 10.2 Å². The molecule has 2 aliphatic rings. The molecule has 0 radical (unpaired) electrons. The van der Waals surface area contributed by atoms with E-state index >= 15 is 0 Å². The number of hydrogen-bond acceptors (Lipinski definition) is 3. The molecule has 2 heterocycles. The summed E-state index contributed by atoms with van der Waals surface area (Å²) in [5.41, 5.74) is 2.79. The topological polar surface area (TPSA) is 24.5 Å². The summed E-state index contributed by atoms with van der Waals surface area (Å²) in [6, 6.07) is 0.695. The van der Waals surface area contributed by atoms with Gasteiger partial charge in [0.25, 0.3) is 0 Å². The van der Waals surface area contributed by atoms with Gasteiger partial charge in [0.1, 0.15) is 0 Å². The molecule has 2 unspecified atom stereocenters. The quantitative estimate of drug-likeness (QED) is 0.813. The molecule has 0 aromatic carbocycles. The average molecular weight is 245 g/mol. The molecule has 92 valence electrons. The van der Waals surface area contributed by atoms with Gasteiger partial charge in [-0.2, -0.15) is 0 Å². The second-order valence-electron chi connectivity index (χ2n) is 4.83. The van der Waals surface area contributed by atoms with Gasteiger partial charge in [-0.05, 0) is 31.9 Å². The van der Waals surface area contributed by atoms with Gasteiger partial charge < -0.3 is 10.1 Å². The first-order valence-electron chi connectivity index (χ1n) is 6.12. The first-order valence-corrected chi connectivity index (χ1v) is 6.55. The molecule has 0 amide bonds. The molecular formula is C12H21ClN2O. The van der Waals surface area contributed by atoms with Gasteiger partial charge in [0.2, 0.25) is 0 Å². The minimum Gasteiger partial charge on any atom is -0.374 e. The zero-order chi connectivity index (χ0) is 11.4. The summed E-state index contributed by atoms with van der Waals surface area (Å²) < 4.78 is 5.85. The summed E-state index contributed by atoms with van der Waals surface area (Å²) in [5, 5.41) is 3.38. The maximum absolute atomic E-state index is 5.85. The van der Waals surface area contributed by atoms with E-state index in [4.69, 9.17) is 16.3 Å². The zero-order valence-electron chi connectivity index (χ0n) is 9.92. The van der Waals surface area contributed by atoms with E-state index in [1.807, 2.05) is 6.92 Å². The van der Waals surface area contributed by atoms with Crippen molar-refractivity contribution in [3.63, 3.8) is 0 Å². The first kappa shape index (κ1) is 12.4. The van der Waals surface area contributed by atoms with Gasteiger partial charge in [-0.1, -0.05) is 11.6 Å². The molecule has 0 bridgehead atoms. The predicted molar refractivity (Wildman–Crippen MR) is 66.8 cm³/mol. The Morgan fingerprint density at radius 3 is 3.31 bits per heavy atom. The molecule has 2 aliphatic heterocycles. The molecule has 4 heteroatoms. The third-order valence-corrected chi connectivity index (χ3v) is 3.80. The van der Waals surface area contributed by atoms with Crippen molar-refractivity contribution in [3.05, 3.63) is 11.1 Å². The molecule has 2 rings (SSSR count).